The number of fused-ring (bicyclic) bond motifs is 5. The van der Waals surface area contributed by atoms with Gasteiger partial charge in [0, 0.05) is 27.5 Å². The van der Waals surface area contributed by atoms with Gasteiger partial charge in [-0.3, -0.25) is 0 Å². The average Bonchev–Trinajstić information content (AvgIpc) is 3.95. The number of hydrogen-bond acceptors (Lipinski definition) is 3. The third-order valence-corrected chi connectivity index (χ3v) is 14.9. The van der Waals surface area contributed by atoms with Gasteiger partial charge in [0.25, 0.3) is 0 Å². The van der Waals surface area contributed by atoms with Gasteiger partial charge >= 0.3 is 0 Å². The largest absolute Gasteiger partial charge is 0.309 e. The van der Waals surface area contributed by atoms with E-state index in [0.29, 0.717) is 17.5 Å². The molecule has 2 aromatic heterocycles. The van der Waals surface area contributed by atoms with Gasteiger partial charge in [-0.25, -0.2) is 15.0 Å². The van der Waals surface area contributed by atoms with E-state index in [1.165, 1.54) is 55.5 Å². The van der Waals surface area contributed by atoms with Gasteiger partial charge in [0.1, 0.15) is 0 Å². The van der Waals surface area contributed by atoms with Crippen molar-refractivity contribution in [2.75, 3.05) is 0 Å². The number of para-hydroxylation sites is 2. The number of aromatic nitrogens is 4. The van der Waals surface area contributed by atoms with E-state index in [2.05, 4.69) is 284 Å². The summed E-state index contributed by atoms with van der Waals surface area (Å²) in [6.45, 7) is 0. The van der Waals surface area contributed by atoms with Crippen LogP contribution in [0.4, 0.5) is 0 Å². The van der Waals surface area contributed by atoms with Gasteiger partial charge in [0.2, 0.25) is 0 Å². The zero-order valence-corrected chi connectivity index (χ0v) is 40.3. The lowest BCUT2D eigenvalue weighted by Gasteiger charge is -2.41. The minimum atomic E-state index is -0.560. The van der Waals surface area contributed by atoms with E-state index in [1.807, 2.05) is 0 Å². The van der Waals surface area contributed by atoms with Crippen LogP contribution in [0.2, 0.25) is 0 Å². The molecule has 11 aromatic carbocycles. The van der Waals surface area contributed by atoms with E-state index in [9.17, 15) is 0 Å². The number of nitrogens with zero attached hydrogens (tertiary/aromatic N) is 4. The fourth-order valence-corrected chi connectivity index (χ4v) is 11.6. The Morgan fingerprint density at radius 3 is 1.34 bits per heavy atom. The molecule has 1 aliphatic heterocycles. The Kier molecular flexibility index (Phi) is 10.4. The average molecular weight is 943 g/mol. The summed E-state index contributed by atoms with van der Waals surface area (Å²) in [5.74, 6) is 1.81. The molecule has 3 heterocycles. The lowest BCUT2D eigenvalue weighted by molar-refractivity contribution is 0.728. The first-order valence-electron chi connectivity index (χ1n) is 25.3. The molecule has 13 aromatic rings. The zero-order valence-electron chi connectivity index (χ0n) is 40.3. The third-order valence-electron chi connectivity index (χ3n) is 14.9. The van der Waals surface area contributed by atoms with E-state index in [0.717, 1.165) is 55.4 Å². The Balaban J connectivity index is 0.975. The van der Waals surface area contributed by atoms with E-state index < -0.39 is 5.41 Å². The molecule has 0 amide bonds. The quantitative estimate of drug-likeness (QED) is 0.145. The Labute approximate surface area is 430 Å². The molecule has 4 heteroatoms. The highest BCUT2D eigenvalue weighted by Gasteiger charge is 2.45. The standard InChI is InChI=1S/C70H46N4/c1-5-21-47(22-6-1)49-25-17-27-51(43-49)52-28-19-30-54(45-52)67-71-68(73-69(72-67)60-36-14-13-35-58(60)53-29-18-26-50(44-53)48-23-7-2-8-24-48)55-41-42-64-61(46-55)59-37-20-39-63-66(59)74(64)65-40-16-15-38-62(65)70(63,56-31-9-3-10-32-56)57-33-11-4-12-34-57/h1-46H. The van der Waals surface area contributed by atoms with Crippen molar-refractivity contribution in [3.8, 4) is 84.4 Å². The van der Waals surface area contributed by atoms with Gasteiger partial charge in [-0.2, -0.15) is 0 Å². The van der Waals surface area contributed by atoms with Crippen LogP contribution < -0.4 is 0 Å². The maximum absolute atomic E-state index is 5.45. The van der Waals surface area contributed by atoms with E-state index >= 15 is 0 Å². The molecule has 0 saturated heterocycles. The molecule has 346 valence electrons. The number of rotatable bonds is 9. The van der Waals surface area contributed by atoms with Crippen molar-refractivity contribution in [1.29, 1.82) is 0 Å². The summed E-state index contributed by atoms with van der Waals surface area (Å²) >= 11 is 0. The lowest BCUT2D eigenvalue weighted by Crippen LogP contribution is -2.35. The topological polar surface area (TPSA) is 43.6 Å². The molecule has 0 aliphatic carbocycles. The minimum absolute atomic E-state index is 0.560. The molecular weight excluding hydrogens is 897 g/mol. The van der Waals surface area contributed by atoms with Gasteiger partial charge in [-0.15, -0.1) is 0 Å². The predicted molar refractivity (Wildman–Crippen MR) is 304 cm³/mol. The molecule has 0 atom stereocenters. The summed E-state index contributed by atoms with van der Waals surface area (Å²) in [5.41, 5.74) is 19.6. The van der Waals surface area contributed by atoms with Crippen LogP contribution in [0.3, 0.4) is 0 Å². The fraction of sp³-hybridized carbons (Fsp3) is 0.0143. The van der Waals surface area contributed by atoms with Crippen molar-refractivity contribution >= 4 is 21.8 Å². The molecule has 0 unspecified atom stereocenters. The first kappa shape index (κ1) is 43.1. The molecule has 4 nitrogen and oxygen atoms in total. The minimum Gasteiger partial charge on any atom is -0.309 e. The molecule has 1 aliphatic rings. The Morgan fingerprint density at radius 1 is 0.270 bits per heavy atom. The number of hydrogen-bond donors (Lipinski definition) is 0. The third kappa shape index (κ3) is 7.10. The van der Waals surface area contributed by atoms with Crippen LogP contribution >= 0.6 is 0 Å². The summed E-state index contributed by atoms with van der Waals surface area (Å²) in [6.07, 6.45) is 0. The summed E-state index contributed by atoms with van der Waals surface area (Å²) in [6, 6.07) is 100. The maximum Gasteiger partial charge on any atom is 0.164 e. The van der Waals surface area contributed by atoms with Crippen LogP contribution in [0, 0.1) is 0 Å². The number of benzene rings is 11. The monoisotopic (exact) mass is 942 g/mol. The maximum atomic E-state index is 5.45. The molecule has 0 bridgehead atoms. The second-order valence-electron chi connectivity index (χ2n) is 19.1. The Hall–Kier alpha value is -9.77. The van der Waals surface area contributed by atoms with Crippen LogP contribution in [-0.2, 0) is 5.41 Å². The van der Waals surface area contributed by atoms with Crippen LogP contribution in [0.5, 0.6) is 0 Å². The van der Waals surface area contributed by atoms with Gasteiger partial charge in [-0.1, -0.05) is 237 Å². The second kappa shape index (κ2) is 17.8. The molecule has 0 spiro atoms. The van der Waals surface area contributed by atoms with Crippen LogP contribution in [0.1, 0.15) is 22.3 Å². The first-order chi connectivity index (χ1) is 36.7. The molecule has 74 heavy (non-hydrogen) atoms. The summed E-state index contributed by atoms with van der Waals surface area (Å²) in [7, 11) is 0. The highest BCUT2D eigenvalue weighted by molar-refractivity contribution is 6.13. The van der Waals surface area contributed by atoms with Crippen LogP contribution in [0.15, 0.2) is 279 Å². The molecule has 0 N–H and O–H groups in total. The molecule has 14 rings (SSSR count). The van der Waals surface area contributed by atoms with Crippen molar-refractivity contribution < 1.29 is 0 Å². The van der Waals surface area contributed by atoms with Crippen molar-refractivity contribution in [2.24, 2.45) is 0 Å². The Morgan fingerprint density at radius 2 is 0.703 bits per heavy atom. The second-order valence-corrected chi connectivity index (χ2v) is 19.1. The van der Waals surface area contributed by atoms with Crippen molar-refractivity contribution in [3.05, 3.63) is 301 Å². The molecule has 0 radical (unpaired) electrons. The SMILES string of the molecule is c1ccc(-c2cccc(-c3cccc(-c4nc(-c5ccc6c(c5)c5cccc7c5n6-c5ccccc5C7(c5ccccc5)c5ccccc5)nc(-c5ccccc5-c5cccc(-c6ccccc6)c5)n4)c3)c2)cc1. The normalized spacial score (nSPS) is 12.4. The van der Waals surface area contributed by atoms with Gasteiger partial charge in [0.15, 0.2) is 17.5 Å². The summed E-state index contributed by atoms with van der Waals surface area (Å²) in [4.78, 5) is 16.2. The van der Waals surface area contributed by atoms with Crippen LogP contribution in [-0.4, -0.2) is 19.5 Å². The Bertz CT molecular complexity index is 4200. The highest BCUT2D eigenvalue weighted by Crippen LogP contribution is 2.54. The lowest BCUT2D eigenvalue weighted by atomic mass is 9.63. The molecular formula is C70H46N4. The van der Waals surface area contributed by atoms with Gasteiger partial charge < -0.3 is 4.57 Å². The van der Waals surface area contributed by atoms with E-state index in [-0.39, 0.29) is 0 Å². The van der Waals surface area contributed by atoms with Crippen molar-refractivity contribution in [2.45, 2.75) is 5.41 Å². The smallest absolute Gasteiger partial charge is 0.164 e. The van der Waals surface area contributed by atoms with Crippen LogP contribution in [0.25, 0.3) is 106 Å². The summed E-state index contributed by atoms with van der Waals surface area (Å²) in [5, 5.41) is 2.31. The van der Waals surface area contributed by atoms with E-state index in [4.69, 9.17) is 15.0 Å². The van der Waals surface area contributed by atoms with Gasteiger partial charge in [0.05, 0.1) is 22.1 Å². The fourth-order valence-electron chi connectivity index (χ4n) is 11.6. The molecule has 0 saturated carbocycles. The summed E-state index contributed by atoms with van der Waals surface area (Å²) < 4.78 is 2.48. The first-order valence-corrected chi connectivity index (χ1v) is 25.3. The highest BCUT2D eigenvalue weighted by atomic mass is 15.0. The molecule has 0 fully saturated rings. The zero-order chi connectivity index (χ0) is 49.0. The van der Waals surface area contributed by atoms with Gasteiger partial charge in [-0.05, 0) is 109 Å². The van der Waals surface area contributed by atoms with E-state index in [1.54, 1.807) is 0 Å². The predicted octanol–water partition coefficient (Wildman–Crippen LogP) is 17.3. The van der Waals surface area contributed by atoms with Crippen molar-refractivity contribution in [3.63, 3.8) is 0 Å². The van der Waals surface area contributed by atoms with Crippen molar-refractivity contribution in [1.82, 2.24) is 19.5 Å².